The first-order chi connectivity index (χ1) is 10.3. The van der Waals surface area contributed by atoms with E-state index in [4.69, 9.17) is 0 Å². The summed E-state index contributed by atoms with van der Waals surface area (Å²) in [5, 5.41) is 5.10. The molecule has 0 saturated heterocycles. The fourth-order valence-electron chi connectivity index (χ4n) is 2.63. The van der Waals surface area contributed by atoms with Crippen molar-refractivity contribution < 1.29 is 4.79 Å². The number of fused-ring (bicyclic) bond motifs is 2. The van der Waals surface area contributed by atoms with Crippen LogP contribution < -0.4 is 0 Å². The van der Waals surface area contributed by atoms with Crippen LogP contribution in [-0.4, -0.2) is 37.1 Å². The van der Waals surface area contributed by atoms with Gasteiger partial charge in [0, 0.05) is 23.7 Å². The van der Waals surface area contributed by atoms with Crippen LogP contribution >= 0.6 is 0 Å². The van der Waals surface area contributed by atoms with E-state index < -0.39 is 0 Å². The molecule has 104 valence electrons. The highest BCUT2D eigenvalue weighted by atomic mass is 16.2. The predicted molar refractivity (Wildman–Crippen MR) is 76.5 cm³/mol. The molecule has 0 bridgehead atoms. The number of carbonyl (C=O) groups is 1. The third-order valence-electron chi connectivity index (χ3n) is 3.75. The van der Waals surface area contributed by atoms with Gasteiger partial charge in [-0.15, -0.1) is 0 Å². The summed E-state index contributed by atoms with van der Waals surface area (Å²) in [6.45, 7) is 1.85. The van der Waals surface area contributed by atoms with E-state index in [1.54, 1.807) is 6.20 Å². The minimum Gasteiger partial charge on any atom is -0.329 e. The molecule has 2 aromatic heterocycles. The van der Waals surface area contributed by atoms with E-state index in [-0.39, 0.29) is 5.91 Å². The average molecular weight is 279 g/mol. The van der Waals surface area contributed by atoms with Crippen molar-refractivity contribution in [3.63, 3.8) is 0 Å². The third kappa shape index (κ3) is 2.05. The van der Waals surface area contributed by atoms with E-state index in [0.29, 0.717) is 25.2 Å². The smallest absolute Gasteiger partial charge is 0.254 e. The number of hydrogen-bond acceptors (Lipinski definition) is 4. The van der Waals surface area contributed by atoms with Crippen molar-refractivity contribution in [2.75, 3.05) is 6.54 Å². The molecule has 21 heavy (non-hydrogen) atoms. The molecule has 0 spiro atoms. The highest BCUT2D eigenvalue weighted by Gasteiger charge is 2.23. The second kappa shape index (κ2) is 4.66. The van der Waals surface area contributed by atoms with Crippen LogP contribution in [-0.2, 0) is 13.1 Å². The lowest BCUT2D eigenvalue weighted by atomic mass is 10.1. The summed E-state index contributed by atoms with van der Waals surface area (Å²) in [4.78, 5) is 22.9. The minimum atomic E-state index is 0.0232. The highest BCUT2D eigenvalue weighted by molar-refractivity contribution is 5.97. The molecule has 3 aromatic rings. The summed E-state index contributed by atoms with van der Waals surface area (Å²) in [5.74, 6) is 0.854. The number of rotatable bonds is 1. The van der Waals surface area contributed by atoms with Crippen LogP contribution in [0.15, 0.2) is 42.9 Å². The molecule has 0 radical (unpaired) electrons. The van der Waals surface area contributed by atoms with Crippen LogP contribution in [0.3, 0.4) is 0 Å². The molecule has 1 amide bonds. The quantitative estimate of drug-likeness (QED) is 0.677. The van der Waals surface area contributed by atoms with Crippen molar-refractivity contribution in [1.82, 2.24) is 24.6 Å². The Hall–Kier alpha value is -2.76. The lowest BCUT2D eigenvalue weighted by Crippen LogP contribution is -2.38. The number of carbonyl (C=O) groups excluding carboxylic acids is 1. The Morgan fingerprint density at radius 3 is 3.05 bits per heavy atom. The van der Waals surface area contributed by atoms with E-state index in [1.165, 1.54) is 6.33 Å². The molecule has 6 heteroatoms. The summed E-state index contributed by atoms with van der Waals surface area (Å²) in [6, 6.07) is 9.45. The molecule has 0 saturated carbocycles. The number of aromatic nitrogens is 4. The maximum absolute atomic E-state index is 12.6. The van der Waals surface area contributed by atoms with Gasteiger partial charge in [-0.2, -0.15) is 5.10 Å². The summed E-state index contributed by atoms with van der Waals surface area (Å²) < 4.78 is 1.84. The van der Waals surface area contributed by atoms with Crippen LogP contribution in [0.5, 0.6) is 0 Å². The molecule has 0 atom stereocenters. The Bertz CT molecular complexity index is 826. The summed E-state index contributed by atoms with van der Waals surface area (Å²) in [7, 11) is 0. The fourth-order valence-corrected chi connectivity index (χ4v) is 2.63. The maximum atomic E-state index is 12.6. The maximum Gasteiger partial charge on any atom is 0.254 e. The zero-order chi connectivity index (χ0) is 14.2. The minimum absolute atomic E-state index is 0.0232. The number of nitrogens with zero attached hydrogens (tertiary/aromatic N) is 5. The second-order valence-electron chi connectivity index (χ2n) is 5.04. The van der Waals surface area contributed by atoms with Gasteiger partial charge in [0.1, 0.15) is 12.2 Å². The number of hydrogen-bond donors (Lipinski definition) is 0. The Labute approximate surface area is 121 Å². The lowest BCUT2D eigenvalue weighted by Gasteiger charge is -2.26. The molecule has 0 fully saturated rings. The van der Waals surface area contributed by atoms with Crippen molar-refractivity contribution in [3.05, 3.63) is 54.2 Å². The van der Waals surface area contributed by atoms with Gasteiger partial charge in [0.2, 0.25) is 0 Å². The van der Waals surface area contributed by atoms with Crippen LogP contribution in [0.1, 0.15) is 16.2 Å². The zero-order valence-electron chi connectivity index (χ0n) is 11.3. The monoisotopic (exact) mass is 279 g/mol. The number of pyridine rings is 1. The molecular formula is C15H13N5O. The Morgan fingerprint density at radius 2 is 2.10 bits per heavy atom. The normalized spacial score (nSPS) is 14.2. The predicted octanol–water partition coefficient (Wildman–Crippen LogP) is 1.48. The number of amides is 1. The molecular weight excluding hydrogens is 266 g/mol. The molecule has 0 N–H and O–H groups in total. The second-order valence-corrected chi connectivity index (χ2v) is 5.04. The van der Waals surface area contributed by atoms with E-state index in [2.05, 4.69) is 15.1 Å². The van der Waals surface area contributed by atoms with Gasteiger partial charge in [0.25, 0.3) is 5.91 Å². The molecule has 1 aliphatic heterocycles. The van der Waals surface area contributed by atoms with Gasteiger partial charge in [0.05, 0.1) is 18.6 Å². The molecule has 4 rings (SSSR count). The van der Waals surface area contributed by atoms with E-state index >= 15 is 0 Å². The third-order valence-corrected chi connectivity index (χ3v) is 3.75. The Morgan fingerprint density at radius 1 is 1.14 bits per heavy atom. The average Bonchev–Trinajstić information content (AvgIpc) is 3.01. The first-order valence-corrected chi connectivity index (χ1v) is 6.82. The van der Waals surface area contributed by atoms with E-state index in [1.807, 2.05) is 39.9 Å². The van der Waals surface area contributed by atoms with Crippen molar-refractivity contribution in [2.45, 2.75) is 13.1 Å². The molecule has 1 aliphatic rings. The SMILES string of the molecule is O=C(c1ccc2ncccc2c1)N1CCn2ncnc2C1. The molecule has 1 aromatic carbocycles. The van der Waals surface area contributed by atoms with Crippen LogP contribution in [0, 0.1) is 0 Å². The highest BCUT2D eigenvalue weighted by Crippen LogP contribution is 2.17. The largest absolute Gasteiger partial charge is 0.329 e. The van der Waals surface area contributed by atoms with Gasteiger partial charge < -0.3 is 4.90 Å². The fraction of sp³-hybridized carbons (Fsp3) is 0.200. The molecule has 0 aliphatic carbocycles. The summed E-state index contributed by atoms with van der Waals surface area (Å²) in [6.07, 6.45) is 3.28. The van der Waals surface area contributed by atoms with Crippen LogP contribution in [0.2, 0.25) is 0 Å². The molecule has 6 nitrogen and oxygen atoms in total. The molecule has 0 unspecified atom stereocenters. The Balaban J connectivity index is 1.64. The molecule has 3 heterocycles. The summed E-state index contributed by atoms with van der Waals surface area (Å²) in [5.41, 5.74) is 1.58. The van der Waals surface area contributed by atoms with Gasteiger partial charge in [-0.25, -0.2) is 9.67 Å². The van der Waals surface area contributed by atoms with Gasteiger partial charge in [-0.05, 0) is 24.3 Å². The zero-order valence-corrected chi connectivity index (χ0v) is 11.3. The van der Waals surface area contributed by atoms with Crippen molar-refractivity contribution in [2.24, 2.45) is 0 Å². The summed E-state index contributed by atoms with van der Waals surface area (Å²) >= 11 is 0. The van der Waals surface area contributed by atoms with Crippen molar-refractivity contribution in [1.29, 1.82) is 0 Å². The van der Waals surface area contributed by atoms with Gasteiger partial charge in [0.15, 0.2) is 0 Å². The first-order valence-electron chi connectivity index (χ1n) is 6.82. The number of benzene rings is 1. The van der Waals surface area contributed by atoms with Crippen LogP contribution in [0.4, 0.5) is 0 Å². The van der Waals surface area contributed by atoms with Gasteiger partial charge in [-0.3, -0.25) is 9.78 Å². The standard InChI is InChI=1S/C15H13N5O/c21-15(19-6-7-20-14(9-19)17-10-18-20)12-3-4-13-11(8-12)2-1-5-16-13/h1-5,8,10H,6-7,9H2. The topological polar surface area (TPSA) is 63.9 Å². The lowest BCUT2D eigenvalue weighted by molar-refractivity contribution is 0.0702. The van der Waals surface area contributed by atoms with Gasteiger partial charge in [-0.1, -0.05) is 6.07 Å². The van der Waals surface area contributed by atoms with Crippen molar-refractivity contribution >= 4 is 16.8 Å². The van der Waals surface area contributed by atoms with E-state index in [0.717, 1.165) is 16.7 Å². The first kappa shape index (κ1) is 12.0. The Kier molecular flexibility index (Phi) is 2.67. The van der Waals surface area contributed by atoms with Crippen LogP contribution in [0.25, 0.3) is 10.9 Å². The van der Waals surface area contributed by atoms with E-state index in [9.17, 15) is 4.79 Å². The van der Waals surface area contributed by atoms with Gasteiger partial charge >= 0.3 is 0 Å². The van der Waals surface area contributed by atoms with Crippen molar-refractivity contribution in [3.8, 4) is 0 Å².